The van der Waals surface area contributed by atoms with Crippen molar-refractivity contribution < 1.29 is 0 Å². The maximum absolute atomic E-state index is 4.40. The molecular weight excluding hydrogens is 475 g/mol. The van der Waals surface area contributed by atoms with Crippen molar-refractivity contribution in [3.8, 4) is 0 Å². The minimum Gasteiger partial charge on any atom is -0.356 e. The molecule has 1 aliphatic heterocycles. The first kappa shape index (κ1) is 23.7. The molecule has 2 aromatic rings. The molecular formula is C22H35IN6. The highest BCUT2D eigenvalue weighted by Gasteiger charge is 2.24. The molecule has 7 heteroatoms. The summed E-state index contributed by atoms with van der Waals surface area (Å²) in [6, 6.07) is 13.2. The van der Waals surface area contributed by atoms with Gasteiger partial charge in [0.25, 0.3) is 0 Å². The molecule has 0 saturated carbocycles. The second-order valence-electron chi connectivity index (χ2n) is 7.65. The molecule has 1 saturated heterocycles. The average molecular weight is 510 g/mol. The van der Waals surface area contributed by atoms with Crippen molar-refractivity contribution in [1.82, 2.24) is 25.3 Å². The molecule has 1 unspecified atom stereocenters. The van der Waals surface area contributed by atoms with Crippen molar-refractivity contribution >= 4 is 29.9 Å². The van der Waals surface area contributed by atoms with Gasteiger partial charge in [-0.25, -0.2) is 0 Å². The van der Waals surface area contributed by atoms with Crippen LogP contribution >= 0.6 is 24.0 Å². The van der Waals surface area contributed by atoms with Gasteiger partial charge in [0.2, 0.25) is 0 Å². The molecule has 0 spiro atoms. The summed E-state index contributed by atoms with van der Waals surface area (Å²) in [6.07, 6.45) is 7.39. The first-order valence-corrected chi connectivity index (χ1v) is 10.5. The predicted octanol–water partition coefficient (Wildman–Crippen LogP) is 3.53. The molecule has 29 heavy (non-hydrogen) atoms. The van der Waals surface area contributed by atoms with E-state index in [1.807, 2.05) is 30.2 Å². The molecule has 1 aromatic heterocycles. The number of benzene rings is 1. The lowest BCUT2D eigenvalue weighted by atomic mass is 9.95. The topological polar surface area (TPSA) is 57.5 Å². The van der Waals surface area contributed by atoms with Crippen LogP contribution in [0.4, 0.5) is 0 Å². The number of nitrogens with zero attached hydrogens (tertiary/aromatic N) is 4. The summed E-state index contributed by atoms with van der Waals surface area (Å²) in [7, 11) is 1.84. The summed E-state index contributed by atoms with van der Waals surface area (Å²) >= 11 is 0. The number of hydrogen-bond acceptors (Lipinski definition) is 3. The van der Waals surface area contributed by atoms with Crippen LogP contribution in [0.25, 0.3) is 0 Å². The summed E-state index contributed by atoms with van der Waals surface area (Å²) in [5.74, 6) is 1.71. The van der Waals surface area contributed by atoms with Crippen molar-refractivity contribution in [3.05, 3.63) is 54.4 Å². The third kappa shape index (κ3) is 7.62. The van der Waals surface area contributed by atoms with Crippen molar-refractivity contribution in [1.29, 1.82) is 0 Å². The van der Waals surface area contributed by atoms with Gasteiger partial charge in [-0.1, -0.05) is 37.3 Å². The van der Waals surface area contributed by atoms with Crippen molar-refractivity contribution in [2.45, 2.75) is 38.8 Å². The molecule has 1 fully saturated rings. The first-order valence-electron chi connectivity index (χ1n) is 10.5. The van der Waals surface area contributed by atoms with E-state index in [1.54, 1.807) is 0 Å². The molecule has 3 rings (SSSR count). The SMILES string of the molecule is CN=C(NCCCn1cccn1)NCC(c1ccccc1)N1CCC(C)CC1.I. The van der Waals surface area contributed by atoms with Gasteiger partial charge in [0, 0.05) is 39.1 Å². The van der Waals surface area contributed by atoms with Crippen LogP contribution in [0.2, 0.25) is 0 Å². The average Bonchev–Trinajstić information content (AvgIpc) is 3.25. The Kier molecular flexibility index (Phi) is 10.5. The quantitative estimate of drug-likeness (QED) is 0.247. The standard InChI is InChI=1S/C22H34N6.HI/c1-19-10-16-27(17-11-19)21(20-8-4-3-5-9-20)18-25-22(23-2)24-12-6-14-28-15-7-13-26-28;/h3-5,7-9,13,15,19,21H,6,10-12,14,16-18H2,1-2H3,(H2,23,24,25);1H. The molecule has 2 heterocycles. The number of halogens is 1. The fraction of sp³-hybridized carbons (Fsp3) is 0.545. The first-order chi connectivity index (χ1) is 13.8. The number of guanidine groups is 1. The second kappa shape index (κ2) is 12.8. The molecule has 0 aliphatic carbocycles. The zero-order valence-electron chi connectivity index (χ0n) is 17.6. The lowest BCUT2D eigenvalue weighted by Crippen LogP contribution is -2.45. The molecule has 160 valence electrons. The van der Waals surface area contributed by atoms with E-state index in [0.29, 0.717) is 6.04 Å². The highest BCUT2D eigenvalue weighted by atomic mass is 127. The Balaban J connectivity index is 0.00000300. The van der Waals surface area contributed by atoms with Crippen LogP contribution in [0.15, 0.2) is 53.8 Å². The largest absolute Gasteiger partial charge is 0.356 e. The normalized spacial score (nSPS) is 16.8. The zero-order chi connectivity index (χ0) is 19.6. The summed E-state index contributed by atoms with van der Waals surface area (Å²) in [5, 5.41) is 11.2. The number of hydrogen-bond donors (Lipinski definition) is 2. The van der Waals surface area contributed by atoms with Crippen molar-refractivity contribution in [2.24, 2.45) is 10.9 Å². The number of nitrogens with one attached hydrogen (secondary N) is 2. The zero-order valence-corrected chi connectivity index (χ0v) is 20.0. The Morgan fingerprint density at radius 1 is 1.17 bits per heavy atom. The van der Waals surface area contributed by atoms with Gasteiger partial charge in [0.1, 0.15) is 0 Å². The molecule has 6 nitrogen and oxygen atoms in total. The second-order valence-corrected chi connectivity index (χ2v) is 7.65. The van der Waals surface area contributed by atoms with Crippen LogP contribution in [0, 0.1) is 5.92 Å². The molecule has 1 aromatic carbocycles. The molecule has 1 aliphatic rings. The van der Waals surface area contributed by atoms with Crippen LogP contribution in [0.1, 0.15) is 37.8 Å². The predicted molar refractivity (Wildman–Crippen MR) is 131 cm³/mol. The van der Waals surface area contributed by atoms with E-state index < -0.39 is 0 Å². The highest BCUT2D eigenvalue weighted by Crippen LogP contribution is 2.26. The Morgan fingerprint density at radius 2 is 1.93 bits per heavy atom. The van der Waals surface area contributed by atoms with E-state index in [2.05, 4.69) is 62.9 Å². The maximum atomic E-state index is 4.40. The van der Waals surface area contributed by atoms with Crippen LogP contribution in [0.5, 0.6) is 0 Å². The Morgan fingerprint density at radius 3 is 2.59 bits per heavy atom. The smallest absolute Gasteiger partial charge is 0.191 e. The van der Waals surface area contributed by atoms with E-state index in [-0.39, 0.29) is 24.0 Å². The maximum Gasteiger partial charge on any atom is 0.191 e. The number of aromatic nitrogens is 2. The summed E-state index contributed by atoms with van der Waals surface area (Å²) < 4.78 is 1.96. The van der Waals surface area contributed by atoms with Crippen LogP contribution in [-0.4, -0.2) is 53.9 Å². The molecule has 2 N–H and O–H groups in total. The van der Waals surface area contributed by atoms with Gasteiger partial charge in [0.05, 0.1) is 6.04 Å². The fourth-order valence-corrected chi connectivity index (χ4v) is 3.77. The third-order valence-electron chi connectivity index (χ3n) is 5.55. The van der Waals surface area contributed by atoms with E-state index >= 15 is 0 Å². The van der Waals surface area contributed by atoms with Gasteiger partial charge in [-0.3, -0.25) is 14.6 Å². The molecule has 0 radical (unpaired) electrons. The Bertz CT molecular complexity index is 695. The molecule has 1 atom stereocenters. The molecule has 0 bridgehead atoms. The summed E-state index contributed by atoms with van der Waals surface area (Å²) in [4.78, 5) is 7.02. The van der Waals surface area contributed by atoms with Crippen LogP contribution < -0.4 is 10.6 Å². The van der Waals surface area contributed by atoms with Crippen LogP contribution in [-0.2, 0) is 6.54 Å². The van der Waals surface area contributed by atoms with E-state index in [4.69, 9.17) is 0 Å². The third-order valence-corrected chi connectivity index (χ3v) is 5.55. The fourth-order valence-electron chi connectivity index (χ4n) is 3.77. The summed E-state index contributed by atoms with van der Waals surface area (Å²) in [6.45, 7) is 7.34. The van der Waals surface area contributed by atoms with E-state index in [9.17, 15) is 0 Å². The minimum atomic E-state index is 0. The van der Waals surface area contributed by atoms with Gasteiger partial charge in [-0.15, -0.1) is 24.0 Å². The lowest BCUT2D eigenvalue weighted by Gasteiger charge is -2.37. The van der Waals surface area contributed by atoms with Gasteiger partial charge in [0.15, 0.2) is 5.96 Å². The minimum absolute atomic E-state index is 0. The van der Waals surface area contributed by atoms with Gasteiger partial charge in [-0.05, 0) is 49.9 Å². The van der Waals surface area contributed by atoms with E-state index in [0.717, 1.165) is 51.0 Å². The number of rotatable bonds is 8. The summed E-state index contributed by atoms with van der Waals surface area (Å²) in [5.41, 5.74) is 1.37. The van der Waals surface area contributed by atoms with Gasteiger partial charge >= 0.3 is 0 Å². The lowest BCUT2D eigenvalue weighted by molar-refractivity contribution is 0.138. The Labute approximate surface area is 192 Å². The van der Waals surface area contributed by atoms with Crippen molar-refractivity contribution in [3.63, 3.8) is 0 Å². The highest BCUT2D eigenvalue weighted by molar-refractivity contribution is 14.0. The monoisotopic (exact) mass is 510 g/mol. The van der Waals surface area contributed by atoms with Crippen LogP contribution in [0.3, 0.4) is 0 Å². The molecule has 0 amide bonds. The number of piperidine rings is 1. The number of likely N-dealkylation sites (tertiary alicyclic amines) is 1. The van der Waals surface area contributed by atoms with E-state index in [1.165, 1.54) is 18.4 Å². The van der Waals surface area contributed by atoms with Gasteiger partial charge < -0.3 is 10.6 Å². The number of aryl methyl sites for hydroxylation is 1. The Hall–Kier alpha value is -1.61. The number of aliphatic imine (C=N–C) groups is 1. The van der Waals surface area contributed by atoms with Crippen molar-refractivity contribution in [2.75, 3.05) is 33.2 Å². The van der Waals surface area contributed by atoms with Gasteiger partial charge in [-0.2, -0.15) is 5.10 Å².